The standard InChI is InChI=1S/C21H20O10/c1-8(22)19-17(27)18(28)21(31-19)29-11-6-12(24)14-13(7-11)30-20(16(26)15(14)25)9-2-4-10(23)5-3-9/h2-8,17-19,21-24,26-28H,1H3/t8-,17-,18+,19?,21?/m0/s1. The van der Waals surface area contributed by atoms with Gasteiger partial charge in [0.2, 0.25) is 17.5 Å². The second-order valence-corrected chi connectivity index (χ2v) is 7.28. The molecule has 1 fully saturated rings. The topological polar surface area (TPSA) is 170 Å². The number of aliphatic hydroxyl groups excluding tert-OH is 3. The molecule has 6 N–H and O–H groups in total. The molecule has 1 saturated heterocycles. The molecule has 5 atom stereocenters. The molecule has 0 spiro atoms. The van der Waals surface area contributed by atoms with Crippen LogP contribution in [0.15, 0.2) is 45.6 Å². The van der Waals surface area contributed by atoms with E-state index in [0.717, 1.165) is 6.07 Å². The Kier molecular flexibility index (Phi) is 5.23. The van der Waals surface area contributed by atoms with Crippen molar-refractivity contribution in [3.05, 3.63) is 46.6 Å². The summed E-state index contributed by atoms with van der Waals surface area (Å²) in [5.74, 6) is -1.53. The van der Waals surface area contributed by atoms with E-state index < -0.39 is 47.6 Å². The summed E-state index contributed by atoms with van der Waals surface area (Å²) in [7, 11) is 0. The molecule has 0 radical (unpaired) electrons. The monoisotopic (exact) mass is 432 g/mol. The molecule has 0 aliphatic carbocycles. The summed E-state index contributed by atoms with van der Waals surface area (Å²) in [6.07, 6.45) is -6.37. The van der Waals surface area contributed by atoms with E-state index in [2.05, 4.69) is 0 Å². The van der Waals surface area contributed by atoms with Crippen LogP contribution in [-0.4, -0.2) is 61.3 Å². The Morgan fingerprint density at radius 1 is 1.03 bits per heavy atom. The average Bonchev–Trinajstić information content (AvgIpc) is 3.00. The van der Waals surface area contributed by atoms with Crippen molar-refractivity contribution < 1.29 is 44.5 Å². The van der Waals surface area contributed by atoms with E-state index in [1.54, 1.807) is 0 Å². The van der Waals surface area contributed by atoms with E-state index in [4.69, 9.17) is 13.9 Å². The molecular weight excluding hydrogens is 412 g/mol. The Morgan fingerprint density at radius 3 is 2.32 bits per heavy atom. The molecule has 1 aromatic heterocycles. The lowest BCUT2D eigenvalue weighted by Crippen LogP contribution is -2.38. The molecule has 164 valence electrons. The van der Waals surface area contributed by atoms with Crippen molar-refractivity contribution in [1.29, 1.82) is 0 Å². The van der Waals surface area contributed by atoms with E-state index in [0.29, 0.717) is 5.56 Å². The maximum atomic E-state index is 12.6. The zero-order chi connectivity index (χ0) is 22.4. The van der Waals surface area contributed by atoms with Gasteiger partial charge >= 0.3 is 0 Å². The number of rotatable bonds is 4. The van der Waals surface area contributed by atoms with E-state index in [9.17, 15) is 35.4 Å². The number of benzene rings is 2. The predicted molar refractivity (Wildman–Crippen MR) is 106 cm³/mol. The van der Waals surface area contributed by atoms with Crippen LogP contribution in [0.25, 0.3) is 22.3 Å². The summed E-state index contributed by atoms with van der Waals surface area (Å²) in [6.45, 7) is 1.39. The van der Waals surface area contributed by atoms with Crippen molar-refractivity contribution in [2.75, 3.05) is 0 Å². The lowest BCUT2D eigenvalue weighted by Gasteiger charge is -2.18. The van der Waals surface area contributed by atoms with Gasteiger partial charge in [-0.3, -0.25) is 4.79 Å². The smallest absolute Gasteiger partial charge is 0.238 e. The van der Waals surface area contributed by atoms with Crippen LogP contribution in [-0.2, 0) is 4.74 Å². The van der Waals surface area contributed by atoms with Crippen molar-refractivity contribution in [1.82, 2.24) is 0 Å². The molecule has 0 saturated carbocycles. The molecule has 3 aromatic rings. The lowest BCUT2D eigenvalue weighted by molar-refractivity contribution is -0.128. The first-order valence-corrected chi connectivity index (χ1v) is 9.36. The van der Waals surface area contributed by atoms with Gasteiger partial charge in [0.05, 0.1) is 6.10 Å². The minimum Gasteiger partial charge on any atom is -0.508 e. The van der Waals surface area contributed by atoms with Crippen LogP contribution in [0.4, 0.5) is 0 Å². The van der Waals surface area contributed by atoms with E-state index >= 15 is 0 Å². The van der Waals surface area contributed by atoms with Crippen LogP contribution >= 0.6 is 0 Å². The molecule has 10 nitrogen and oxygen atoms in total. The lowest BCUT2D eigenvalue weighted by atomic mass is 10.1. The second kappa shape index (κ2) is 7.75. The number of phenols is 2. The summed E-state index contributed by atoms with van der Waals surface area (Å²) >= 11 is 0. The number of aromatic hydroxyl groups is 3. The first-order chi connectivity index (χ1) is 14.7. The summed E-state index contributed by atoms with van der Waals surface area (Å²) in [4.78, 5) is 12.6. The summed E-state index contributed by atoms with van der Waals surface area (Å²) < 4.78 is 16.5. The minimum atomic E-state index is -1.48. The first-order valence-electron chi connectivity index (χ1n) is 9.36. The normalized spacial score (nSPS) is 24.4. The van der Waals surface area contributed by atoms with Crippen molar-refractivity contribution in [2.24, 2.45) is 0 Å². The Morgan fingerprint density at radius 2 is 1.71 bits per heavy atom. The number of phenolic OH excluding ortho intramolecular Hbond substituents is 2. The second-order valence-electron chi connectivity index (χ2n) is 7.28. The summed E-state index contributed by atoms with van der Waals surface area (Å²) in [5.41, 5.74) is -0.700. The van der Waals surface area contributed by atoms with Gasteiger partial charge in [-0.2, -0.15) is 0 Å². The highest BCUT2D eigenvalue weighted by molar-refractivity contribution is 5.88. The minimum absolute atomic E-state index is 0.0208. The third-order valence-corrected chi connectivity index (χ3v) is 5.04. The number of ether oxygens (including phenoxy) is 2. The zero-order valence-corrected chi connectivity index (χ0v) is 16.2. The number of hydrogen-bond donors (Lipinski definition) is 6. The molecule has 0 bridgehead atoms. The maximum absolute atomic E-state index is 12.6. The average molecular weight is 432 g/mol. The third-order valence-electron chi connectivity index (χ3n) is 5.04. The van der Waals surface area contributed by atoms with Gasteiger partial charge < -0.3 is 44.5 Å². The molecule has 31 heavy (non-hydrogen) atoms. The molecule has 1 aliphatic rings. The van der Waals surface area contributed by atoms with Gasteiger partial charge in [0.1, 0.15) is 46.5 Å². The highest BCUT2D eigenvalue weighted by atomic mass is 16.7. The predicted octanol–water partition coefficient (Wildman–Crippen LogP) is 0.783. The fourth-order valence-electron chi connectivity index (χ4n) is 3.44. The fraction of sp³-hybridized carbons (Fsp3) is 0.286. The maximum Gasteiger partial charge on any atom is 0.238 e. The highest BCUT2D eigenvalue weighted by Gasteiger charge is 2.46. The molecule has 2 aromatic carbocycles. The summed E-state index contributed by atoms with van der Waals surface area (Å²) in [5, 5.41) is 59.5. The van der Waals surface area contributed by atoms with Gasteiger partial charge in [0.25, 0.3) is 0 Å². The molecule has 2 unspecified atom stereocenters. The number of hydrogen-bond acceptors (Lipinski definition) is 10. The van der Waals surface area contributed by atoms with E-state index in [1.165, 1.54) is 37.3 Å². The van der Waals surface area contributed by atoms with E-state index in [-0.39, 0.29) is 28.2 Å². The first kappa shape index (κ1) is 20.9. The van der Waals surface area contributed by atoms with Gasteiger partial charge in [0.15, 0.2) is 5.76 Å². The van der Waals surface area contributed by atoms with Gasteiger partial charge in [-0.25, -0.2) is 0 Å². The van der Waals surface area contributed by atoms with Crippen LogP contribution in [0.1, 0.15) is 6.92 Å². The Bertz CT molecular complexity index is 1170. The van der Waals surface area contributed by atoms with Gasteiger partial charge in [-0.05, 0) is 31.2 Å². The van der Waals surface area contributed by atoms with E-state index in [1.807, 2.05) is 0 Å². The molecule has 2 heterocycles. The van der Waals surface area contributed by atoms with Crippen molar-refractivity contribution in [3.63, 3.8) is 0 Å². The van der Waals surface area contributed by atoms with Crippen LogP contribution < -0.4 is 10.2 Å². The van der Waals surface area contributed by atoms with Crippen LogP contribution in [0.5, 0.6) is 23.0 Å². The number of aliphatic hydroxyl groups is 3. The zero-order valence-electron chi connectivity index (χ0n) is 16.2. The number of fused-ring (bicyclic) bond motifs is 1. The molecule has 10 heteroatoms. The van der Waals surface area contributed by atoms with Gasteiger partial charge in [-0.15, -0.1) is 0 Å². The highest BCUT2D eigenvalue weighted by Crippen LogP contribution is 2.37. The van der Waals surface area contributed by atoms with Crippen LogP contribution in [0.3, 0.4) is 0 Å². The Balaban J connectivity index is 1.75. The molecular formula is C21H20O10. The van der Waals surface area contributed by atoms with Gasteiger partial charge in [-0.1, -0.05) is 0 Å². The fourth-order valence-corrected chi connectivity index (χ4v) is 3.44. The summed E-state index contributed by atoms with van der Waals surface area (Å²) in [6, 6.07) is 7.87. The molecule has 0 amide bonds. The van der Waals surface area contributed by atoms with Crippen molar-refractivity contribution in [2.45, 2.75) is 37.6 Å². The van der Waals surface area contributed by atoms with Crippen molar-refractivity contribution in [3.8, 4) is 34.3 Å². The Hall–Kier alpha value is -3.31. The molecule has 4 rings (SSSR count). The largest absolute Gasteiger partial charge is 0.508 e. The van der Waals surface area contributed by atoms with Crippen molar-refractivity contribution >= 4 is 11.0 Å². The van der Waals surface area contributed by atoms with Crippen LogP contribution in [0.2, 0.25) is 0 Å². The third kappa shape index (κ3) is 3.66. The quantitative estimate of drug-likeness (QED) is 0.346. The SMILES string of the molecule is C[C@H](O)C1OC(Oc2cc(O)c3c(=O)c(O)c(-c4ccc(O)cc4)oc3c2)[C@H](O)[C@@H]1O. The molecule has 1 aliphatic heterocycles. The Labute approximate surface area is 174 Å². The van der Waals surface area contributed by atoms with Gasteiger partial charge in [0, 0.05) is 17.7 Å². The van der Waals surface area contributed by atoms with Crippen LogP contribution in [0, 0.1) is 0 Å².